The van der Waals surface area contributed by atoms with Crippen molar-refractivity contribution in [3.05, 3.63) is 65.4 Å². The van der Waals surface area contributed by atoms with Gasteiger partial charge < -0.3 is 24.7 Å². The molecule has 164 valence electrons. The Morgan fingerprint density at radius 2 is 1.90 bits per heavy atom. The fourth-order valence-electron chi connectivity index (χ4n) is 4.60. The second-order valence-corrected chi connectivity index (χ2v) is 8.26. The highest BCUT2D eigenvalue weighted by Gasteiger charge is 2.22. The van der Waals surface area contributed by atoms with Crippen LogP contribution in [-0.4, -0.2) is 49.2 Å². The van der Waals surface area contributed by atoms with E-state index in [0.29, 0.717) is 18.2 Å². The maximum atomic E-state index is 11.6. The smallest absolute Gasteiger partial charge is 0.248 e. The Labute approximate surface area is 183 Å². The van der Waals surface area contributed by atoms with Crippen molar-refractivity contribution in [3.8, 4) is 5.75 Å². The molecule has 1 aromatic heterocycles. The molecular formula is C25H31N3O3. The third-order valence-corrected chi connectivity index (χ3v) is 6.31. The van der Waals surface area contributed by atoms with E-state index in [4.69, 9.17) is 15.2 Å². The minimum atomic E-state index is -0.380. The highest BCUT2D eigenvalue weighted by Crippen LogP contribution is 2.29. The number of aromatic nitrogens is 1. The van der Waals surface area contributed by atoms with Crippen molar-refractivity contribution >= 4 is 16.8 Å². The number of benzene rings is 2. The molecule has 0 saturated carbocycles. The van der Waals surface area contributed by atoms with Crippen molar-refractivity contribution in [2.75, 3.05) is 33.9 Å². The first kappa shape index (κ1) is 21.4. The van der Waals surface area contributed by atoms with E-state index in [-0.39, 0.29) is 5.91 Å². The van der Waals surface area contributed by atoms with Crippen LogP contribution < -0.4 is 10.5 Å². The molecule has 1 amide bonds. The molecule has 4 rings (SSSR count). The lowest BCUT2D eigenvalue weighted by Gasteiger charge is -2.33. The average Bonchev–Trinajstić information content (AvgIpc) is 3.21. The number of fused-ring (bicyclic) bond motifs is 1. The number of rotatable bonds is 8. The fourth-order valence-corrected chi connectivity index (χ4v) is 4.60. The summed E-state index contributed by atoms with van der Waals surface area (Å²) in [5.74, 6) is 0.563. The molecule has 0 spiro atoms. The molecule has 2 N–H and O–H groups in total. The number of carbonyl (C=O) groups is 1. The molecule has 6 heteroatoms. The Morgan fingerprint density at radius 3 is 2.61 bits per heavy atom. The van der Waals surface area contributed by atoms with Gasteiger partial charge in [0.25, 0.3) is 0 Å². The predicted molar refractivity (Wildman–Crippen MR) is 123 cm³/mol. The van der Waals surface area contributed by atoms with Crippen molar-refractivity contribution < 1.29 is 14.3 Å². The van der Waals surface area contributed by atoms with Crippen molar-refractivity contribution in [3.63, 3.8) is 0 Å². The Kier molecular flexibility index (Phi) is 6.59. The van der Waals surface area contributed by atoms with Crippen LogP contribution in [-0.2, 0) is 17.8 Å². The maximum Gasteiger partial charge on any atom is 0.248 e. The lowest BCUT2D eigenvalue weighted by Crippen LogP contribution is -2.35. The topological polar surface area (TPSA) is 69.7 Å². The number of carbonyl (C=O) groups excluding carboxylic acids is 1. The Morgan fingerprint density at radius 1 is 1.10 bits per heavy atom. The van der Waals surface area contributed by atoms with E-state index < -0.39 is 0 Å². The van der Waals surface area contributed by atoms with Gasteiger partial charge in [-0.2, -0.15) is 0 Å². The van der Waals surface area contributed by atoms with Crippen LogP contribution in [0.5, 0.6) is 5.75 Å². The van der Waals surface area contributed by atoms with Gasteiger partial charge >= 0.3 is 0 Å². The van der Waals surface area contributed by atoms with Crippen molar-refractivity contribution in [2.45, 2.75) is 31.9 Å². The van der Waals surface area contributed by atoms with E-state index >= 15 is 0 Å². The third kappa shape index (κ3) is 4.75. The van der Waals surface area contributed by atoms with Crippen LogP contribution in [0.3, 0.4) is 0 Å². The zero-order valence-corrected chi connectivity index (χ0v) is 18.3. The summed E-state index contributed by atoms with van der Waals surface area (Å²) >= 11 is 0. The number of ether oxygens (including phenoxy) is 2. The van der Waals surface area contributed by atoms with Gasteiger partial charge in [0.15, 0.2) is 0 Å². The largest absolute Gasteiger partial charge is 0.496 e. The van der Waals surface area contributed by atoms with Crippen LogP contribution >= 0.6 is 0 Å². The standard InChI is InChI=1S/C25H31N3O3/c1-30-17-18-3-6-24(31-2)20(15-18)7-11-27-12-9-22(10-13-27)28-14-8-19-4-5-21(25(26)29)16-23(19)28/h3-6,8,14-16,22H,7,9-13,17H2,1-2H3,(H2,26,29). The van der Waals surface area contributed by atoms with Gasteiger partial charge in [-0.1, -0.05) is 12.1 Å². The summed E-state index contributed by atoms with van der Waals surface area (Å²) in [6, 6.07) is 14.5. The third-order valence-electron chi connectivity index (χ3n) is 6.31. The molecule has 1 aliphatic heterocycles. The number of primary amides is 1. The summed E-state index contributed by atoms with van der Waals surface area (Å²) in [5, 5.41) is 1.15. The zero-order valence-electron chi connectivity index (χ0n) is 18.3. The summed E-state index contributed by atoms with van der Waals surface area (Å²) in [6.45, 7) is 3.74. The van der Waals surface area contributed by atoms with Crippen LogP contribution in [0.15, 0.2) is 48.7 Å². The number of nitrogens with zero attached hydrogens (tertiary/aromatic N) is 2. The Balaban J connectivity index is 1.39. The number of likely N-dealkylation sites (tertiary alicyclic amines) is 1. The van der Waals surface area contributed by atoms with E-state index in [1.165, 1.54) is 11.1 Å². The molecule has 1 aliphatic rings. The molecule has 2 aromatic carbocycles. The van der Waals surface area contributed by atoms with E-state index in [0.717, 1.165) is 55.5 Å². The van der Waals surface area contributed by atoms with Crippen LogP contribution in [0.1, 0.15) is 40.4 Å². The fraction of sp³-hybridized carbons (Fsp3) is 0.400. The summed E-state index contributed by atoms with van der Waals surface area (Å²) in [7, 11) is 3.45. The zero-order chi connectivity index (χ0) is 21.8. The van der Waals surface area contributed by atoms with Gasteiger partial charge in [0.1, 0.15) is 5.75 Å². The molecular weight excluding hydrogens is 390 g/mol. The molecule has 31 heavy (non-hydrogen) atoms. The molecule has 0 aliphatic carbocycles. The van der Waals surface area contributed by atoms with Crippen molar-refractivity contribution in [1.82, 2.24) is 9.47 Å². The van der Waals surface area contributed by atoms with Gasteiger partial charge in [-0.15, -0.1) is 0 Å². The molecule has 3 aromatic rings. The summed E-state index contributed by atoms with van der Waals surface area (Å²) in [5.41, 5.74) is 9.54. The second kappa shape index (κ2) is 9.54. The van der Waals surface area contributed by atoms with Crippen molar-refractivity contribution in [1.29, 1.82) is 0 Å². The maximum absolute atomic E-state index is 11.6. The van der Waals surface area contributed by atoms with Gasteiger partial charge in [0.05, 0.1) is 13.7 Å². The van der Waals surface area contributed by atoms with E-state index in [9.17, 15) is 4.79 Å². The van der Waals surface area contributed by atoms with Crippen molar-refractivity contribution in [2.24, 2.45) is 5.73 Å². The Bertz CT molecular complexity index is 1050. The summed E-state index contributed by atoms with van der Waals surface area (Å²) < 4.78 is 13.1. The van der Waals surface area contributed by atoms with Crippen LogP contribution in [0.25, 0.3) is 10.9 Å². The van der Waals surface area contributed by atoms with Gasteiger partial charge in [0.2, 0.25) is 5.91 Å². The molecule has 1 saturated heterocycles. The summed E-state index contributed by atoms with van der Waals surface area (Å²) in [6.07, 6.45) is 5.28. The lowest BCUT2D eigenvalue weighted by molar-refractivity contribution is 0.100. The molecule has 0 radical (unpaired) electrons. The van der Waals surface area contributed by atoms with Gasteiger partial charge in [-0.3, -0.25) is 4.79 Å². The molecule has 6 nitrogen and oxygen atoms in total. The van der Waals surface area contributed by atoms with Crippen LogP contribution in [0.4, 0.5) is 0 Å². The normalized spacial score (nSPS) is 15.4. The highest BCUT2D eigenvalue weighted by atomic mass is 16.5. The molecule has 0 atom stereocenters. The molecule has 2 heterocycles. The highest BCUT2D eigenvalue weighted by molar-refractivity contribution is 5.97. The first-order chi connectivity index (χ1) is 15.1. The molecule has 0 unspecified atom stereocenters. The molecule has 1 fully saturated rings. The first-order valence-corrected chi connectivity index (χ1v) is 10.9. The van der Waals surface area contributed by atoms with Gasteiger partial charge in [-0.05, 0) is 66.1 Å². The van der Waals surface area contributed by atoms with Crippen LogP contribution in [0, 0.1) is 0 Å². The number of piperidine rings is 1. The SMILES string of the molecule is COCc1ccc(OC)c(CCN2CCC(n3ccc4ccc(C(N)=O)cc43)CC2)c1. The quantitative estimate of drug-likeness (QED) is 0.601. The molecule has 0 bridgehead atoms. The number of nitrogens with two attached hydrogens (primary N) is 1. The lowest BCUT2D eigenvalue weighted by atomic mass is 10.0. The number of methoxy groups -OCH3 is 2. The van der Waals surface area contributed by atoms with E-state index in [1.54, 1.807) is 20.3 Å². The predicted octanol–water partition coefficient (Wildman–Crippen LogP) is 3.77. The Hall–Kier alpha value is -2.83. The summed E-state index contributed by atoms with van der Waals surface area (Å²) in [4.78, 5) is 14.1. The van der Waals surface area contributed by atoms with Crippen LogP contribution in [0.2, 0.25) is 0 Å². The average molecular weight is 422 g/mol. The monoisotopic (exact) mass is 421 g/mol. The van der Waals surface area contributed by atoms with Gasteiger partial charge in [-0.25, -0.2) is 0 Å². The number of hydrogen-bond acceptors (Lipinski definition) is 4. The van der Waals surface area contributed by atoms with E-state index in [1.807, 2.05) is 18.2 Å². The number of amides is 1. The first-order valence-electron chi connectivity index (χ1n) is 10.9. The van der Waals surface area contributed by atoms with Gasteiger partial charge in [0, 0.05) is 50.1 Å². The van der Waals surface area contributed by atoms with E-state index in [2.05, 4.69) is 33.9 Å². The minimum Gasteiger partial charge on any atom is -0.496 e. The second-order valence-electron chi connectivity index (χ2n) is 8.26. The minimum absolute atomic E-state index is 0.380. The number of hydrogen-bond donors (Lipinski definition) is 1.